The van der Waals surface area contributed by atoms with Crippen LogP contribution in [0.1, 0.15) is 54.3 Å². The molecule has 2 aromatic carbocycles. The van der Waals surface area contributed by atoms with Crippen LogP contribution in [-0.2, 0) is 9.53 Å². The Morgan fingerprint density at radius 3 is 1.90 bits per heavy atom. The molecule has 7 nitrogen and oxygen atoms in total. The van der Waals surface area contributed by atoms with Crippen LogP contribution in [0.2, 0.25) is 0 Å². The van der Waals surface area contributed by atoms with E-state index in [2.05, 4.69) is 9.80 Å². The third kappa shape index (κ3) is 3.73. The lowest BCUT2D eigenvalue weighted by molar-refractivity contribution is -0.154. The van der Waals surface area contributed by atoms with Gasteiger partial charge in [-0.05, 0) is 51.5 Å². The van der Waals surface area contributed by atoms with Gasteiger partial charge in [-0.15, -0.1) is 0 Å². The van der Waals surface area contributed by atoms with Gasteiger partial charge in [0.1, 0.15) is 5.60 Å². The summed E-state index contributed by atoms with van der Waals surface area (Å²) >= 11 is 0. The molecule has 0 aliphatic carbocycles. The first-order valence-electron chi connectivity index (χ1n) is 10.7. The van der Waals surface area contributed by atoms with Crippen LogP contribution in [0, 0.1) is 0 Å². The van der Waals surface area contributed by atoms with Crippen LogP contribution < -0.4 is 9.80 Å². The summed E-state index contributed by atoms with van der Waals surface area (Å²) < 4.78 is 5.32. The molecule has 0 unspecified atom stereocenters. The van der Waals surface area contributed by atoms with E-state index in [-0.39, 0.29) is 30.7 Å². The predicted octanol–water partition coefficient (Wildman–Crippen LogP) is 3.44. The number of anilines is 2. The summed E-state index contributed by atoms with van der Waals surface area (Å²) in [6.45, 7) is 7.33. The lowest BCUT2D eigenvalue weighted by atomic mass is 9.91. The molecule has 0 radical (unpaired) electrons. The zero-order chi connectivity index (χ0) is 22.5. The summed E-state index contributed by atoms with van der Waals surface area (Å²) in [6.07, 6.45) is 0.524. The number of carbonyl (C=O) groups excluding carboxylic acids is 3. The number of amides is 2. The topological polar surface area (TPSA) is 70.2 Å². The molecule has 2 aromatic rings. The molecule has 7 heteroatoms. The van der Waals surface area contributed by atoms with Crippen molar-refractivity contribution in [3.63, 3.8) is 0 Å². The van der Waals surface area contributed by atoms with Crippen LogP contribution in [0.5, 0.6) is 0 Å². The summed E-state index contributed by atoms with van der Waals surface area (Å²) in [5.74, 6) is -0.939. The van der Waals surface area contributed by atoms with Crippen molar-refractivity contribution >= 4 is 39.9 Å². The molecule has 0 atom stereocenters. The standard InChI is InChI=1S/C24H29N3O4/c1-24(2,3)31-19(28)7-6-12-27-22(29)15-8-10-17-21-18(26(5)14-13-25(17)4)11-9-16(20(15)21)23(27)30/h8-11H,6-7,12-14H2,1-5H3. The number of ether oxygens (including phenoxy) is 1. The van der Waals surface area contributed by atoms with Gasteiger partial charge in [-0.1, -0.05) is 0 Å². The van der Waals surface area contributed by atoms with Gasteiger partial charge in [0.25, 0.3) is 11.8 Å². The maximum absolute atomic E-state index is 13.3. The van der Waals surface area contributed by atoms with Crippen LogP contribution in [-0.4, -0.2) is 62.0 Å². The van der Waals surface area contributed by atoms with Crippen LogP contribution >= 0.6 is 0 Å². The van der Waals surface area contributed by atoms with Crippen molar-refractivity contribution in [3.8, 4) is 0 Å². The molecule has 0 spiro atoms. The number of hydrogen-bond acceptors (Lipinski definition) is 6. The minimum absolute atomic E-state index is 0.157. The third-order valence-corrected chi connectivity index (χ3v) is 5.84. The summed E-state index contributed by atoms with van der Waals surface area (Å²) in [7, 11) is 4.06. The van der Waals surface area contributed by atoms with E-state index in [1.165, 1.54) is 4.90 Å². The van der Waals surface area contributed by atoms with E-state index in [9.17, 15) is 14.4 Å². The first-order valence-corrected chi connectivity index (χ1v) is 10.7. The van der Waals surface area contributed by atoms with E-state index in [0.29, 0.717) is 17.5 Å². The Morgan fingerprint density at radius 2 is 1.42 bits per heavy atom. The van der Waals surface area contributed by atoms with Gasteiger partial charge in [0.2, 0.25) is 0 Å². The van der Waals surface area contributed by atoms with E-state index in [1.54, 1.807) is 0 Å². The van der Waals surface area contributed by atoms with Crippen LogP contribution in [0.3, 0.4) is 0 Å². The second kappa shape index (κ2) is 7.55. The van der Waals surface area contributed by atoms with Crippen molar-refractivity contribution in [1.29, 1.82) is 0 Å². The Morgan fingerprint density at radius 1 is 0.903 bits per heavy atom. The Kier molecular flexibility index (Phi) is 5.15. The van der Waals surface area contributed by atoms with Crippen molar-refractivity contribution in [2.45, 2.75) is 39.2 Å². The van der Waals surface area contributed by atoms with E-state index in [1.807, 2.05) is 59.1 Å². The summed E-state index contributed by atoms with van der Waals surface area (Å²) in [6, 6.07) is 7.58. The highest BCUT2D eigenvalue weighted by molar-refractivity contribution is 6.28. The van der Waals surface area contributed by atoms with Gasteiger partial charge in [-0.25, -0.2) is 0 Å². The largest absolute Gasteiger partial charge is 0.460 e. The number of nitrogens with zero attached hydrogens (tertiary/aromatic N) is 3. The van der Waals surface area contributed by atoms with E-state index in [0.717, 1.165) is 35.2 Å². The summed E-state index contributed by atoms with van der Waals surface area (Å²) in [5.41, 5.74) is 2.58. The normalized spacial score (nSPS) is 16.1. The van der Waals surface area contributed by atoms with Crippen LogP contribution in [0.25, 0.3) is 10.8 Å². The van der Waals surface area contributed by atoms with Gasteiger partial charge in [0.15, 0.2) is 0 Å². The number of esters is 1. The lowest BCUT2D eigenvalue weighted by Gasteiger charge is -2.29. The zero-order valence-electron chi connectivity index (χ0n) is 18.8. The quantitative estimate of drug-likeness (QED) is 0.554. The average Bonchev–Trinajstić information content (AvgIpc) is 2.81. The first-order chi connectivity index (χ1) is 14.6. The first kappa shape index (κ1) is 21.2. The number of imide groups is 1. The zero-order valence-corrected chi connectivity index (χ0v) is 18.8. The number of benzene rings is 2. The summed E-state index contributed by atoms with van der Waals surface area (Å²) in [5, 5.41) is 1.68. The van der Waals surface area contributed by atoms with Gasteiger partial charge in [-0.2, -0.15) is 0 Å². The smallest absolute Gasteiger partial charge is 0.306 e. The monoisotopic (exact) mass is 423 g/mol. The maximum atomic E-state index is 13.3. The Labute approximate surface area is 182 Å². The lowest BCUT2D eigenvalue weighted by Crippen LogP contribution is -2.41. The molecule has 2 heterocycles. The minimum Gasteiger partial charge on any atom is -0.460 e. The van der Waals surface area contributed by atoms with Gasteiger partial charge >= 0.3 is 5.97 Å². The van der Waals surface area contributed by atoms with Crippen molar-refractivity contribution < 1.29 is 19.1 Å². The fourth-order valence-electron chi connectivity index (χ4n) is 4.35. The molecule has 4 rings (SSSR count). The molecule has 0 saturated heterocycles. The van der Waals surface area contributed by atoms with Crippen molar-refractivity contribution in [3.05, 3.63) is 35.4 Å². The van der Waals surface area contributed by atoms with Crippen LogP contribution in [0.4, 0.5) is 11.4 Å². The van der Waals surface area contributed by atoms with E-state index in [4.69, 9.17) is 4.74 Å². The molecule has 2 amide bonds. The van der Waals surface area contributed by atoms with Gasteiger partial charge < -0.3 is 14.5 Å². The van der Waals surface area contributed by atoms with Gasteiger partial charge in [0, 0.05) is 73.4 Å². The Bertz CT molecular complexity index is 1020. The molecular formula is C24H29N3O4. The predicted molar refractivity (Wildman–Crippen MR) is 121 cm³/mol. The van der Waals surface area contributed by atoms with Gasteiger partial charge in [-0.3, -0.25) is 19.3 Å². The Balaban J connectivity index is 1.66. The average molecular weight is 424 g/mol. The fourth-order valence-corrected chi connectivity index (χ4v) is 4.35. The number of hydrogen-bond donors (Lipinski definition) is 0. The second-order valence-corrected chi connectivity index (χ2v) is 9.31. The molecule has 31 heavy (non-hydrogen) atoms. The van der Waals surface area contributed by atoms with Crippen molar-refractivity contribution in [2.24, 2.45) is 0 Å². The molecule has 0 aromatic heterocycles. The second-order valence-electron chi connectivity index (χ2n) is 9.31. The molecule has 0 fully saturated rings. The SMILES string of the molecule is CN1CCN(C)c2ccc3c4c(ccc1c24)C(=O)N(CCCC(=O)OC(C)(C)C)C3=O. The molecule has 2 aliphatic heterocycles. The molecule has 164 valence electrons. The number of carbonyl (C=O) groups is 3. The maximum Gasteiger partial charge on any atom is 0.306 e. The summed E-state index contributed by atoms with van der Waals surface area (Å²) in [4.78, 5) is 44.1. The molecular weight excluding hydrogens is 394 g/mol. The minimum atomic E-state index is -0.554. The highest BCUT2D eigenvalue weighted by atomic mass is 16.6. The molecule has 0 N–H and O–H groups in total. The fraction of sp³-hybridized carbons (Fsp3) is 0.458. The highest BCUT2D eigenvalue weighted by Crippen LogP contribution is 2.42. The molecule has 0 bridgehead atoms. The number of rotatable bonds is 4. The van der Waals surface area contributed by atoms with E-state index < -0.39 is 5.60 Å². The highest BCUT2D eigenvalue weighted by Gasteiger charge is 2.35. The van der Waals surface area contributed by atoms with Crippen LogP contribution in [0.15, 0.2) is 24.3 Å². The third-order valence-electron chi connectivity index (χ3n) is 5.84. The van der Waals surface area contributed by atoms with E-state index >= 15 is 0 Å². The van der Waals surface area contributed by atoms with Crippen molar-refractivity contribution in [1.82, 2.24) is 4.90 Å². The molecule has 0 saturated carbocycles. The number of likely N-dealkylation sites (N-methyl/N-ethyl adjacent to an activating group) is 2. The van der Waals surface area contributed by atoms with Gasteiger partial charge in [0.05, 0.1) is 0 Å². The molecule has 2 aliphatic rings. The van der Waals surface area contributed by atoms with Crippen molar-refractivity contribution in [2.75, 3.05) is 43.5 Å². The Hall–Kier alpha value is -3.09.